The van der Waals surface area contributed by atoms with E-state index >= 15 is 0 Å². The maximum Gasteiger partial charge on any atom is 0.247 e. The van der Waals surface area contributed by atoms with Gasteiger partial charge in [0.2, 0.25) is 11.8 Å². The molecule has 3 atom stereocenters. The minimum Gasteiger partial charge on any atom is -0.393 e. The van der Waals surface area contributed by atoms with Gasteiger partial charge in [-0.3, -0.25) is 14.8 Å². The maximum absolute atomic E-state index is 11.3. The van der Waals surface area contributed by atoms with Crippen molar-refractivity contribution in [1.82, 2.24) is 10.8 Å². The molecule has 1 saturated carbocycles. The largest absolute Gasteiger partial charge is 0.393 e. The fraction of sp³-hybridized carbons (Fsp3) is 0.750. The molecule has 80 valence electrons. The average molecular weight is 202 g/mol. The number of hydrogen-bond acceptors (Lipinski definition) is 4. The van der Waals surface area contributed by atoms with Crippen LogP contribution in [0.5, 0.6) is 0 Å². The van der Waals surface area contributed by atoms with Crippen LogP contribution in [0.25, 0.3) is 0 Å². The van der Waals surface area contributed by atoms with Gasteiger partial charge in [0.25, 0.3) is 0 Å². The second kappa shape index (κ2) is 4.39. The monoisotopic (exact) mass is 202 g/mol. The molecule has 0 aliphatic heterocycles. The summed E-state index contributed by atoms with van der Waals surface area (Å²) in [5.74, 6) is -2.10. The van der Waals surface area contributed by atoms with Gasteiger partial charge in [-0.05, 0) is 12.8 Å². The normalized spacial score (nSPS) is 31.2. The minimum absolute atomic E-state index is 0.213. The Morgan fingerprint density at radius 1 is 1.21 bits per heavy atom. The van der Waals surface area contributed by atoms with Gasteiger partial charge in [0.1, 0.15) is 0 Å². The van der Waals surface area contributed by atoms with Crippen molar-refractivity contribution in [3.63, 3.8) is 0 Å². The van der Waals surface area contributed by atoms with E-state index < -0.39 is 23.8 Å². The lowest BCUT2D eigenvalue weighted by atomic mass is 9.95. The smallest absolute Gasteiger partial charge is 0.247 e. The first kappa shape index (κ1) is 10.9. The summed E-state index contributed by atoms with van der Waals surface area (Å²) in [5, 5.41) is 20.2. The van der Waals surface area contributed by atoms with Gasteiger partial charge < -0.3 is 10.4 Å². The highest BCUT2D eigenvalue weighted by Crippen LogP contribution is 2.32. The van der Waals surface area contributed by atoms with Crippen LogP contribution < -0.4 is 10.8 Å². The molecule has 0 aromatic rings. The van der Waals surface area contributed by atoms with Crippen LogP contribution in [0, 0.1) is 11.8 Å². The maximum atomic E-state index is 11.3. The van der Waals surface area contributed by atoms with Gasteiger partial charge in [-0.25, -0.2) is 5.48 Å². The van der Waals surface area contributed by atoms with Gasteiger partial charge in [-0.2, -0.15) is 0 Å². The summed E-state index contributed by atoms with van der Waals surface area (Å²) in [6.45, 7) is 0. The van der Waals surface area contributed by atoms with Crippen molar-refractivity contribution >= 4 is 11.8 Å². The predicted octanol–water partition coefficient (Wildman–Crippen LogP) is -1.38. The molecule has 0 aromatic carbocycles. The Hall–Kier alpha value is -1.14. The average Bonchev–Trinajstić information content (AvgIpc) is 2.58. The predicted molar refractivity (Wildman–Crippen MR) is 46.2 cm³/mol. The van der Waals surface area contributed by atoms with E-state index in [1.54, 1.807) is 0 Å². The second-order valence-electron chi connectivity index (χ2n) is 3.43. The minimum atomic E-state index is -0.653. The molecule has 2 amide bonds. The summed E-state index contributed by atoms with van der Waals surface area (Å²) in [5.41, 5.74) is 1.51. The van der Waals surface area contributed by atoms with Gasteiger partial charge in [0, 0.05) is 7.05 Å². The molecule has 1 aliphatic carbocycles. The molecule has 0 spiro atoms. The van der Waals surface area contributed by atoms with Crippen LogP contribution in [-0.4, -0.2) is 35.3 Å². The number of carbonyl (C=O) groups excluding carboxylic acids is 2. The number of nitrogens with one attached hydrogen (secondary N) is 2. The van der Waals surface area contributed by atoms with Gasteiger partial charge in [-0.15, -0.1) is 0 Å². The van der Waals surface area contributed by atoms with Crippen LogP contribution >= 0.6 is 0 Å². The van der Waals surface area contributed by atoms with Gasteiger partial charge in [0.15, 0.2) is 0 Å². The molecule has 6 nitrogen and oxygen atoms in total. The van der Waals surface area contributed by atoms with E-state index in [1.807, 2.05) is 0 Å². The van der Waals surface area contributed by atoms with Crippen molar-refractivity contribution in [2.45, 2.75) is 18.9 Å². The zero-order valence-corrected chi connectivity index (χ0v) is 7.86. The number of aliphatic hydroxyl groups is 1. The fourth-order valence-electron chi connectivity index (χ4n) is 1.86. The summed E-state index contributed by atoms with van der Waals surface area (Å²) < 4.78 is 0. The third-order valence-electron chi connectivity index (χ3n) is 2.57. The summed E-state index contributed by atoms with van der Waals surface area (Å²) >= 11 is 0. The van der Waals surface area contributed by atoms with E-state index in [0.29, 0.717) is 0 Å². The van der Waals surface area contributed by atoms with Crippen LogP contribution in [0.3, 0.4) is 0 Å². The Morgan fingerprint density at radius 3 is 2.14 bits per heavy atom. The van der Waals surface area contributed by atoms with E-state index in [2.05, 4.69) is 5.32 Å². The molecule has 0 saturated heterocycles. The molecule has 6 heteroatoms. The molecule has 1 rings (SSSR count). The van der Waals surface area contributed by atoms with E-state index in [-0.39, 0.29) is 18.7 Å². The fourth-order valence-corrected chi connectivity index (χ4v) is 1.86. The lowest BCUT2D eigenvalue weighted by Gasteiger charge is -2.14. The molecular weight excluding hydrogens is 188 g/mol. The standard InChI is InChI=1S/C8H14N2O4/c1-9-7(12)5-2-4(11)3-6(5)8(13)10-14/h4-6,11,14H,2-3H2,1H3,(H,9,12)(H,10,13)/t4?,5?,6-/m0/s1. The summed E-state index contributed by atoms with van der Waals surface area (Å²) in [6.07, 6.45) is -0.179. The lowest BCUT2D eigenvalue weighted by Crippen LogP contribution is -2.37. The molecule has 1 aliphatic rings. The molecule has 0 radical (unpaired) electrons. The molecule has 0 heterocycles. The molecule has 2 unspecified atom stereocenters. The first-order valence-electron chi connectivity index (χ1n) is 4.43. The topological polar surface area (TPSA) is 98.7 Å². The highest BCUT2D eigenvalue weighted by atomic mass is 16.5. The van der Waals surface area contributed by atoms with E-state index in [1.165, 1.54) is 12.5 Å². The molecule has 0 aromatic heterocycles. The number of aliphatic hydroxyl groups excluding tert-OH is 1. The van der Waals surface area contributed by atoms with Crippen molar-refractivity contribution < 1.29 is 19.9 Å². The Kier molecular flexibility index (Phi) is 3.43. The Labute approximate surface area is 81.3 Å². The third kappa shape index (κ3) is 2.02. The van der Waals surface area contributed by atoms with E-state index in [0.717, 1.165) is 0 Å². The number of amides is 2. The quantitative estimate of drug-likeness (QED) is 0.328. The van der Waals surface area contributed by atoms with Crippen molar-refractivity contribution in [3.05, 3.63) is 0 Å². The van der Waals surface area contributed by atoms with Crippen LogP contribution in [0.15, 0.2) is 0 Å². The van der Waals surface area contributed by atoms with Gasteiger partial charge >= 0.3 is 0 Å². The van der Waals surface area contributed by atoms with Crippen molar-refractivity contribution in [1.29, 1.82) is 0 Å². The zero-order chi connectivity index (χ0) is 10.7. The Morgan fingerprint density at radius 2 is 1.71 bits per heavy atom. The molecular formula is C8H14N2O4. The molecule has 0 bridgehead atoms. The molecule has 4 N–H and O–H groups in total. The number of carbonyl (C=O) groups is 2. The van der Waals surface area contributed by atoms with Crippen LogP contribution in [-0.2, 0) is 9.59 Å². The number of rotatable bonds is 2. The SMILES string of the molecule is CNC(=O)C1CC(O)C[C@@H]1C(=O)NO. The van der Waals surface area contributed by atoms with Crippen LogP contribution in [0.2, 0.25) is 0 Å². The van der Waals surface area contributed by atoms with E-state index in [4.69, 9.17) is 5.21 Å². The zero-order valence-electron chi connectivity index (χ0n) is 7.86. The van der Waals surface area contributed by atoms with Crippen molar-refractivity contribution in [2.75, 3.05) is 7.05 Å². The summed E-state index contributed by atoms with van der Waals surface area (Å²) in [7, 11) is 1.47. The highest BCUT2D eigenvalue weighted by Gasteiger charge is 2.41. The van der Waals surface area contributed by atoms with Crippen molar-refractivity contribution in [3.8, 4) is 0 Å². The Balaban J connectivity index is 2.72. The Bertz CT molecular complexity index is 219. The molecule has 1 fully saturated rings. The van der Waals surface area contributed by atoms with Gasteiger partial charge in [0.05, 0.1) is 17.9 Å². The number of hydroxylamine groups is 1. The number of hydrogen-bond donors (Lipinski definition) is 4. The highest BCUT2D eigenvalue weighted by molar-refractivity contribution is 5.87. The molecule has 14 heavy (non-hydrogen) atoms. The summed E-state index contributed by atoms with van der Waals surface area (Å²) in [4.78, 5) is 22.4. The lowest BCUT2D eigenvalue weighted by molar-refractivity contribution is -0.138. The summed E-state index contributed by atoms with van der Waals surface area (Å²) in [6, 6.07) is 0. The second-order valence-corrected chi connectivity index (χ2v) is 3.43. The third-order valence-corrected chi connectivity index (χ3v) is 2.57. The van der Waals surface area contributed by atoms with E-state index in [9.17, 15) is 14.7 Å². The van der Waals surface area contributed by atoms with Crippen molar-refractivity contribution in [2.24, 2.45) is 11.8 Å². The van der Waals surface area contributed by atoms with Crippen LogP contribution in [0.4, 0.5) is 0 Å². The first-order chi connectivity index (χ1) is 6.60. The van der Waals surface area contributed by atoms with Gasteiger partial charge in [-0.1, -0.05) is 0 Å². The van der Waals surface area contributed by atoms with Crippen LogP contribution in [0.1, 0.15) is 12.8 Å². The first-order valence-corrected chi connectivity index (χ1v) is 4.43.